The number of aromatic nitrogens is 1. The molecule has 11 nitrogen and oxygen atoms in total. The fraction of sp³-hybridized carbons (Fsp3) is 0.333. The molecule has 0 aliphatic carbocycles. The first-order valence-electron chi connectivity index (χ1n) is 16.2. The number of hydrogen-bond donors (Lipinski definition) is 7. The Kier molecular flexibility index (Phi) is 13.1. The Hall–Kier alpha value is -5.23. The zero-order valence-electron chi connectivity index (χ0n) is 27.4. The summed E-state index contributed by atoms with van der Waals surface area (Å²) in [6.07, 6.45) is 4.05. The minimum atomic E-state index is -0.934. The predicted molar refractivity (Wildman–Crippen MR) is 187 cm³/mol. The number of benzene rings is 3. The van der Waals surface area contributed by atoms with Crippen molar-refractivity contribution in [2.24, 2.45) is 5.73 Å². The van der Waals surface area contributed by atoms with E-state index in [1.165, 1.54) is 19.1 Å². The van der Waals surface area contributed by atoms with Crippen molar-refractivity contribution < 1.29 is 18.8 Å². The lowest BCUT2D eigenvalue weighted by molar-refractivity contribution is -0.130. The van der Waals surface area contributed by atoms with E-state index in [9.17, 15) is 18.8 Å². The van der Waals surface area contributed by atoms with Gasteiger partial charge in [-0.25, -0.2) is 4.39 Å². The van der Waals surface area contributed by atoms with Gasteiger partial charge in [-0.15, -0.1) is 0 Å². The maximum atomic E-state index is 13.8. The molecule has 3 aromatic carbocycles. The van der Waals surface area contributed by atoms with Crippen LogP contribution in [0, 0.1) is 11.2 Å². The Morgan fingerprint density at radius 2 is 1.67 bits per heavy atom. The topological polar surface area (TPSA) is 166 Å². The molecule has 0 aliphatic heterocycles. The van der Waals surface area contributed by atoms with Crippen molar-refractivity contribution in [3.63, 3.8) is 0 Å². The number of anilines is 1. The molecule has 0 fully saturated rings. The minimum absolute atomic E-state index is 0.179. The third kappa shape index (κ3) is 10.7. The van der Waals surface area contributed by atoms with E-state index in [0.717, 1.165) is 40.6 Å². The van der Waals surface area contributed by atoms with E-state index in [1.807, 2.05) is 48.5 Å². The van der Waals surface area contributed by atoms with Crippen molar-refractivity contribution in [2.75, 3.05) is 18.4 Å². The SMILES string of the molecule is CCCNCc1cn(Cc2ccc(F)cc2)c2ccc(NC(=O)[C@H](Cc3ccccc3)NC(=O)C(CCCNC(=N)N)NC(C)=O)cc12. The molecule has 0 saturated heterocycles. The average molecular weight is 657 g/mol. The van der Waals surface area contributed by atoms with Gasteiger partial charge >= 0.3 is 0 Å². The first-order chi connectivity index (χ1) is 23.1. The van der Waals surface area contributed by atoms with Crippen LogP contribution in [0.1, 0.15) is 49.8 Å². The quantitative estimate of drug-likeness (QED) is 0.0519. The second-order valence-corrected chi connectivity index (χ2v) is 11.8. The van der Waals surface area contributed by atoms with Gasteiger partial charge in [-0.05, 0) is 72.8 Å². The van der Waals surface area contributed by atoms with Crippen LogP contribution in [0.3, 0.4) is 0 Å². The summed E-state index contributed by atoms with van der Waals surface area (Å²) in [5.74, 6) is -1.72. The third-order valence-electron chi connectivity index (χ3n) is 7.83. The zero-order chi connectivity index (χ0) is 34.5. The number of fused-ring (bicyclic) bond motifs is 1. The van der Waals surface area contributed by atoms with Crippen molar-refractivity contribution in [3.05, 3.63) is 102 Å². The second-order valence-electron chi connectivity index (χ2n) is 11.8. The number of nitrogens with one attached hydrogen (secondary N) is 6. The number of nitrogens with two attached hydrogens (primary N) is 1. The largest absolute Gasteiger partial charge is 0.370 e. The van der Waals surface area contributed by atoms with Crippen LogP contribution in [-0.4, -0.2) is 53.4 Å². The van der Waals surface area contributed by atoms with Crippen molar-refractivity contribution in [1.29, 1.82) is 5.41 Å². The molecule has 1 heterocycles. The Morgan fingerprint density at radius 3 is 2.35 bits per heavy atom. The predicted octanol–water partition coefficient (Wildman–Crippen LogP) is 3.76. The van der Waals surface area contributed by atoms with Crippen LogP contribution in [0.2, 0.25) is 0 Å². The van der Waals surface area contributed by atoms with Gasteiger partial charge in [0.25, 0.3) is 0 Å². The molecule has 0 bridgehead atoms. The number of nitrogens with zero attached hydrogens (tertiary/aromatic N) is 1. The molecule has 1 unspecified atom stereocenters. The first kappa shape index (κ1) is 35.6. The van der Waals surface area contributed by atoms with Gasteiger partial charge in [-0.1, -0.05) is 49.4 Å². The van der Waals surface area contributed by atoms with Crippen molar-refractivity contribution in [2.45, 2.75) is 64.7 Å². The third-order valence-corrected chi connectivity index (χ3v) is 7.83. The van der Waals surface area contributed by atoms with Crippen molar-refractivity contribution in [3.8, 4) is 0 Å². The van der Waals surface area contributed by atoms with Gasteiger partial charge in [0.1, 0.15) is 17.9 Å². The van der Waals surface area contributed by atoms with Gasteiger partial charge in [0.15, 0.2) is 5.96 Å². The lowest BCUT2D eigenvalue weighted by Gasteiger charge is -2.23. The molecule has 1 aromatic heterocycles. The number of carbonyl (C=O) groups is 3. The Bertz CT molecular complexity index is 1690. The monoisotopic (exact) mass is 656 g/mol. The Labute approximate surface area is 280 Å². The molecule has 0 radical (unpaired) electrons. The van der Waals surface area contributed by atoms with Crippen molar-refractivity contribution in [1.82, 2.24) is 25.8 Å². The lowest BCUT2D eigenvalue weighted by atomic mass is 10.0. The molecule has 0 spiro atoms. The van der Waals surface area contributed by atoms with Crippen LogP contribution in [0.4, 0.5) is 10.1 Å². The molecular formula is C36H45FN8O3. The van der Waals surface area contributed by atoms with Crippen LogP contribution in [0.15, 0.2) is 79.0 Å². The summed E-state index contributed by atoms with van der Waals surface area (Å²) >= 11 is 0. The summed E-state index contributed by atoms with van der Waals surface area (Å²) in [6, 6.07) is 19.7. The molecule has 2 atom stereocenters. The summed E-state index contributed by atoms with van der Waals surface area (Å²) in [6.45, 7) is 5.84. The summed E-state index contributed by atoms with van der Waals surface area (Å²) in [5, 5.41) is 23.0. The standard InChI is InChI=1S/C36H45FN8O3/c1-3-17-40-21-27-23-45(22-26-11-13-28(37)14-12-26)33-16-15-29(20-30(27)33)43-35(48)32(19-25-8-5-4-6-9-25)44-34(47)31(42-24(2)46)10-7-18-41-36(38)39/h4-6,8-9,11-16,20,23,31-32,40H,3,7,10,17-19,21-22H2,1-2H3,(H,42,46)(H,43,48)(H,44,47)(H4,38,39,41)/t31?,32-/m0/s1. The minimum Gasteiger partial charge on any atom is -0.370 e. The molecule has 4 aromatic rings. The second kappa shape index (κ2) is 17.6. The van der Waals surface area contributed by atoms with Crippen LogP contribution >= 0.6 is 0 Å². The van der Waals surface area contributed by atoms with E-state index in [0.29, 0.717) is 31.7 Å². The van der Waals surface area contributed by atoms with Gasteiger partial charge in [0, 0.05) is 55.8 Å². The van der Waals surface area contributed by atoms with Gasteiger partial charge in [-0.3, -0.25) is 19.8 Å². The first-order valence-corrected chi connectivity index (χ1v) is 16.2. The Balaban J connectivity index is 1.57. The molecule has 12 heteroatoms. The van der Waals surface area contributed by atoms with Gasteiger partial charge < -0.3 is 36.9 Å². The molecule has 3 amide bonds. The molecule has 4 rings (SSSR count). The average Bonchev–Trinajstić information content (AvgIpc) is 3.39. The molecular weight excluding hydrogens is 611 g/mol. The highest BCUT2D eigenvalue weighted by Gasteiger charge is 2.27. The van der Waals surface area contributed by atoms with Crippen LogP contribution in [0.5, 0.6) is 0 Å². The summed E-state index contributed by atoms with van der Waals surface area (Å²) in [7, 11) is 0. The number of halogens is 1. The van der Waals surface area contributed by atoms with E-state index in [-0.39, 0.29) is 30.5 Å². The molecule has 48 heavy (non-hydrogen) atoms. The highest BCUT2D eigenvalue weighted by Crippen LogP contribution is 2.26. The molecule has 0 aliphatic rings. The van der Waals surface area contributed by atoms with Gasteiger partial charge in [0.05, 0.1) is 0 Å². The maximum absolute atomic E-state index is 13.8. The fourth-order valence-corrected chi connectivity index (χ4v) is 5.51. The van der Waals surface area contributed by atoms with E-state index < -0.39 is 23.9 Å². The van der Waals surface area contributed by atoms with Crippen LogP contribution < -0.4 is 32.3 Å². The highest BCUT2D eigenvalue weighted by molar-refractivity contribution is 6.00. The fourth-order valence-electron chi connectivity index (χ4n) is 5.51. The van der Waals surface area contributed by atoms with E-state index in [2.05, 4.69) is 44.3 Å². The molecule has 8 N–H and O–H groups in total. The number of rotatable bonds is 17. The van der Waals surface area contributed by atoms with Gasteiger partial charge in [0.2, 0.25) is 17.7 Å². The maximum Gasteiger partial charge on any atom is 0.247 e. The lowest BCUT2D eigenvalue weighted by Crippen LogP contribution is -2.53. The summed E-state index contributed by atoms with van der Waals surface area (Å²) in [4.78, 5) is 39.2. The summed E-state index contributed by atoms with van der Waals surface area (Å²) in [5.41, 5.74) is 9.78. The van der Waals surface area contributed by atoms with E-state index in [1.54, 1.807) is 12.1 Å². The highest BCUT2D eigenvalue weighted by atomic mass is 19.1. The normalized spacial score (nSPS) is 12.2. The smallest absolute Gasteiger partial charge is 0.247 e. The van der Waals surface area contributed by atoms with Crippen molar-refractivity contribution >= 4 is 40.3 Å². The van der Waals surface area contributed by atoms with Gasteiger partial charge in [-0.2, -0.15) is 0 Å². The number of carbonyl (C=O) groups excluding carboxylic acids is 3. The van der Waals surface area contributed by atoms with E-state index >= 15 is 0 Å². The van der Waals surface area contributed by atoms with E-state index in [4.69, 9.17) is 11.1 Å². The van der Waals surface area contributed by atoms with Crippen LogP contribution in [-0.2, 0) is 33.9 Å². The number of amides is 3. The summed E-state index contributed by atoms with van der Waals surface area (Å²) < 4.78 is 15.6. The zero-order valence-corrected chi connectivity index (χ0v) is 27.4. The molecule has 0 saturated carbocycles. The number of guanidine groups is 1. The number of hydrogen-bond acceptors (Lipinski definition) is 5. The van der Waals surface area contributed by atoms with Crippen LogP contribution in [0.25, 0.3) is 10.9 Å². The Morgan fingerprint density at radius 1 is 0.917 bits per heavy atom. The molecule has 254 valence electrons.